The predicted molar refractivity (Wildman–Crippen MR) is 147 cm³/mol. The number of anilines is 1. The minimum Gasteiger partial charge on any atom is -0.493 e. The van der Waals surface area contributed by atoms with Gasteiger partial charge in [-0.3, -0.25) is 9.71 Å². The van der Waals surface area contributed by atoms with Crippen LogP contribution in [0.1, 0.15) is 0 Å². The molecule has 220 valence electrons. The fourth-order valence-corrected chi connectivity index (χ4v) is 4.99. The summed E-state index contributed by atoms with van der Waals surface area (Å²) in [6, 6.07) is 14.1. The van der Waals surface area contributed by atoms with Gasteiger partial charge in [-0.2, -0.15) is 10.2 Å². The zero-order valence-corrected chi connectivity index (χ0v) is 23.1. The molecule has 1 aliphatic rings. The van der Waals surface area contributed by atoms with Gasteiger partial charge in [0.15, 0.2) is 34.6 Å². The first-order valence-electron chi connectivity index (χ1n) is 12.5. The largest absolute Gasteiger partial charge is 0.493 e. The Labute approximate surface area is 243 Å². The molecule has 1 aliphatic heterocycles. The van der Waals surface area contributed by atoms with E-state index < -0.39 is 10.0 Å². The highest BCUT2D eigenvalue weighted by atomic mass is 32.2. The van der Waals surface area contributed by atoms with Crippen LogP contribution in [0.5, 0.6) is 34.6 Å². The number of fused-ring (bicyclic) bond motifs is 1. The summed E-state index contributed by atoms with van der Waals surface area (Å²) in [7, 11) is -2.82. The van der Waals surface area contributed by atoms with Gasteiger partial charge in [0.1, 0.15) is 12.3 Å². The van der Waals surface area contributed by atoms with Crippen LogP contribution in [-0.2, 0) is 10.0 Å². The van der Waals surface area contributed by atoms with Gasteiger partial charge in [0, 0.05) is 17.8 Å². The summed E-state index contributed by atoms with van der Waals surface area (Å²) in [6.07, 6.45) is 1.48. The topological polar surface area (TPSA) is 206 Å². The Hall–Kier alpha value is -5.55. The number of aromatic amines is 1. The first-order valence-corrected chi connectivity index (χ1v) is 14.0. The first kappa shape index (κ1) is 27.6. The minimum absolute atomic E-state index is 0.0260. The molecule has 3 aromatic heterocycles. The summed E-state index contributed by atoms with van der Waals surface area (Å²) >= 11 is 0. The third kappa shape index (κ3) is 5.79. The maximum atomic E-state index is 13.6. The molecule has 0 bridgehead atoms. The molecule has 5 aromatic rings. The first-order chi connectivity index (χ1) is 20.9. The molecular formula is C26H22N8O8S. The van der Waals surface area contributed by atoms with Gasteiger partial charge in [-0.1, -0.05) is 12.1 Å². The zero-order chi connectivity index (χ0) is 29.8. The van der Waals surface area contributed by atoms with Crippen molar-refractivity contribution in [2.24, 2.45) is 0 Å². The lowest BCUT2D eigenvalue weighted by Crippen LogP contribution is -2.16. The van der Waals surface area contributed by atoms with Crippen LogP contribution < -0.4 is 28.4 Å². The summed E-state index contributed by atoms with van der Waals surface area (Å²) in [6.45, 7) is -0.567. The number of benzene rings is 2. The van der Waals surface area contributed by atoms with Crippen LogP contribution in [0.15, 0.2) is 65.7 Å². The number of rotatable bonds is 11. The van der Waals surface area contributed by atoms with Gasteiger partial charge in [-0.05, 0) is 41.6 Å². The Morgan fingerprint density at radius 1 is 1.02 bits per heavy atom. The summed E-state index contributed by atoms with van der Waals surface area (Å²) in [5, 5.41) is 23.3. The van der Waals surface area contributed by atoms with Crippen molar-refractivity contribution in [3.63, 3.8) is 0 Å². The van der Waals surface area contributed by atoms with Gasteiger partial charge in [-0.15, -0.1) is 10.2 Å². The molecular weight excluding hydrogens is 584 g/mol. The number of aromatic nitrogens is 7. The molecule has 0 unspecified atom stereocenters. The number of methoxy groups -OCH3 is 1. The van der Waals surface area contributed by atoms with Crippen LogP contribution in [0.4, 0.5) is 5.82 Å². The van der Waals surface area contributed by atoms with Crippen LogP contribution in [0.25, 0.3) is 22.9 Å². The van der Waals surface area contributed by atoms with Gasteiger partial charge < -0.3 is 28.8 Å². The van der Waals surface area contributed by atoms with Crippen LogP contribution in [-0.4, -0.2) is 76.2 Å². The minimum atomic E-state index is -4.28. The van der Waals surface area contributed by atoms with E-state index >= 15 is 0 Å². The Morgan fingerprint density at radius 3 is 2.65 bits per heavy atom. The van der Waals surface area contributed by atoms with Gasteiger partial charge in [-0.25, -0.2) is 13.4 Å². The average Bonchev–Trinajstić information content (AvgIpc) is 3.74. The third-order valence-corrected chi connectivity index (χ3v) is 7.26. The lowest BCUT2D eigenvalue weighted by atomic mass is 10.2. The second-order valence-corrected chi connectivity index (χ2v) is 10.3. The normalized spacial score (nSPS) is 12.1. The smallest absolute Gasteiger partial charge is 0.263 e. The molecule has 2 aromatic carbocycles. The Morgan fingerprint density at radius 2 is 1.86 bits per heavy atom. The molecule has 0 aliphatic carbocycles. The molecule has 3 N–H and O–H groups in total. The van der Waals surface area contributed by atoms with Crippen molar-refractivity contribution in [2.45, 2.75) is 4.90 Å². The number of hydrogen-bond acceptors (Lipinski definition) is 14. The highest BCUT2D eigenvalue weighted by Crippen LogP contribution is 2.42. The van der Waals surface area contributed by atoms with Crippen LogP contribution >= 0.6 is 0 Å². The van der Waals surface area contributed by atoms with E-state index in [4.69, 9.17) is 23.7 Å². The quantitative estimate of drug-likeness (QED) is 0.197. The molecule has 0 saturated heterocycles. The average molecular weight is 607 g/mol. The fraction of sp³-hybridized carbons (Fsp3) is 0.154. The Bertz CT molecular complexity index is 1870. The Kier molecular flexibility index (Phi) is 7.54. The highest BCUT2D eigenvalue weighted by molar-refractivity contribution is 7.92. The second kappa shape index (κ2) is 11.7. The van der Waals surface area contributed by atoms with Crippen molar-refractivity contribution in [3.05, 3.63) is 60.8 Å². The number of nitrogens with one attached hydrogen (secondary N) is 2. The third-order valence-electron chi connectivity index (χ3n) is 5.92. The summed E-state index contributed by atoms with van der Waals surface area (Å²) < 4.78 is 57.7. The molecule has 16 nitrogen and oxygen atoms in total. The number of pyridine rings is 1. The Balaban J connectivity index is 1.49. The number of nitrogens with zero attached hydrogens (tertiary/aromatic N) is 6. The molecule has 6 rings (SSSR count). The molecule has 17 heteroatoms. The monoisotopic (exact) mass is 606 g/mol. The van der Waals surface area contributed by atoms with Gasteiger partial charge in [0.25, 0.3) is 15.9 Å². The molecule has 0 amide bonds. The van der Waals surface area contributed by atoms with E-state index in [1.54, 1.807) is 36.4 Å². The van der Waals surface area contributed by atoms with Crippen molar-refractivity contribution in [3.8, 4) is 57.5 Å². The van der Waals surface area contributed by atoms with Gasteiger partial charge in [0.05, 0.1) is 18.6 Å². The van der Waals surface area contributed by atoms with E-state index in [2.05, 4.69) is 40.3 Å². The van der Waals surface area contributed by atoms with Crippen molar-refractivity contribution >= 4 is 15.8 Å². The highest BCUT2D eigenvalue weighted by Gasteiger charge is 2.27. The van der Waals surface area contributed by atoms with Gasteiger partial charge in [0.2, 0.25) is 18.4 Å². The number of aliphatic hydroxyl groups excluding tert-OH is 1. The molecule has 4 heterocycles. The summed E-state index contributed by atoms with van der Waals surface area (Å²) in [5.41, 5.74) is 0.764. The van der Waals surface area contributed by atoms with Crippen molar-refractivity contribution < 1.29 is 37.2 Å². The maximum absolute atomic E-state index is 13.6. The molecule has 0 radical (unpaired) electrons. The van der Waals surface area contributed by atoms with Crippen molar-refractivity contribution in [2.75, 3.05) is 31.8 Å². The fourth-order valence-electron chi connectivity index (χ4n) is 3.97. The van der Waals surface area contributed by atoms with E-state index in [1.165, 1.54) is 31.5 Å². The zero-order valence-electron chi connectivity index (χ0n) is 22.3. The van der Waals surface area contributed by atoms with Crippen LogP contribution in [0, 0.1) is 0 Å². The molecule has 0 spiro atoms. The summed E-state index contributed by atoms with van der Waals surface area (Å²) in [4.78, 5) is 13.1. The van der Waals surface area contributed by atoms with E-state index in [1.807, 2.05) is 0 Å². The number of H-pyrrole nitrogens is 1. The molecule has 43 heavy (non-hydrogen) atoms. The summed E-state index contributed by atoms with van der Waals surface area (Å²) in [5.74, 6) is 0.913. The van der Waals surface area contributed by atoms with E-state index in [0.29, 0.717) is 22.8 Å². The SMILES string of the molecule is COc1ccccc1Oc1c(NS(=O)(=O)c2ccc3c(c2)OCO3)nc(-c2ccnc(-c3nn[nH]n3)c2)nc1OCCO. The lowest BCUT2D eigenvalue weighted by molar-refractivity contribution is 0.174. The molecule has 0 saturated carbocycles. The molecule has 0 atom stereocenters. The predicted octanol–water partition coefficient (Wildman–Crippen LogP) is 2.42. The van der Waals surface area contributed by atoms with E-state index in [-0.39, 0.29) is 65.5 Å². The molecule has 0 fully saturated rings. The number of hydrogen-bond donors (Lipinski definition) is 3. The number of aliphatic hydroxyl groups is 1. The van der Waals surface area contributed by atoms with E-state index in [0.717, 1.165) is 0 Å². The van der Waals surface area contributed by atoms with Crippen LogP contribution in [0.2, 0.25) is 0 Å². The number of sulfonamides is 1. The van der Waals surface area contributed by atoms with Crippen molar-refractivity contribution in [1.29, 1.82) is 0 Å². The standard InChI is InChI=1S/C26H22N8O8S/c1-38-18-4-2-3-5-20(18)42-22-25(32-43(36,37)16-6-7-19-21(13-16)41-14-40-19)28-23(29-26(22)39-11-10-35)15-8-9-27-17(12-15)24-30-33-34-31-24/h2-9,12-13,35H,10-11,14H2,1H3,(H,28,29,32)(H,30,31,33,34). The van der Waals surface area contributed by atoms with Gasteiger partial charge >= 0.3 is 0 Å². The van der Waals surface area contributed by atoms with Crippen LogP contribution in [0.3, 0.4) is 0 Å². The second-order valence-electron chi connectivity index (χ2n) is 8.64. The number of ether oxygens (including phenoxy) is 5. The number of para-hydroxylation sites is 2. The lowest BCUT2D eigenvalue weighted by Gasteiger charge is -2.18. The van der Waals surface area contributed by atoms with Crippen molar-refractivity contribution in [1.82, 2.24) is 35.6 Å². The number of tetrazole rings is 1. The maximum Gasteiger partial charge on any atom is 0.263 e. The van der Waals surface area contributed by atoms with E-state index in [9.17, 15) is 13.5 Å².